The third-order valence-corrected chi connectivity index (χ3v) is 7.61. The summed E-state index contributed by atoms with van der Waals surface area (Å²) in [7, 11) is 0. The summed E-state index contributed by atoms with van der Waals surface area (Å²) < 4.78 is 0. The van der Waals surface area contributed by atoms with E-state index in [1.165, 1.54) is 39.5 Å². The van der Waals surface area contributed by atoms with Gasteiger partial charge in [-0.3, -0.25) is 0 Å². The molecule has 2 atom stereocenters. The normalized spacial score (nSPS) is 19.5. The van der Waals surface area contributed by atoms with Crippen LogP contribution in [0.25, 0.3) is 44.4 Å². The van der Waals surface area contributed by atoms with Gasteiger partial charge < -0.3 is 20.6 Å². The summed E-state index contributed by atoms with van der Waals surface area (Å²) in [5.41, 5.74) is 8.18. The molecule has 0 unspecified atom stereocenters. The summed E-state index contributed by atoms with van der Waals surface area (Å²) in [4.78, 5) is 16.2. The highest BCUT2D eigenvalue weighted by molar-refractivity contribution is 5.90. The van der Waals surface area contributed by atoms with Crippen molar-refractivity contribution in [3.8, 4) is 33.6 Å². The third-order valence-electron chi connectivity index (χ3n) is 7.61. The fraction of sp³-hybridized carbons (Fsp3) is 0.226. The summed E-state index contributed by atoms with van der Waals surface area (Å²) in [5, 5.41) is 9.43. The van der Waals surface area contributed by atoms with Crippen LogP contribution in [0.1, 0.15) is 43.5 Å². The average molecular weight is 487 g/mol. The van der Waals surface area contributed by atoms with Gasteiger partial charge in [-0.05, 0) is 65.9 Å². The fourth-order valence-corrected chi connectivity index (χ4v) is 5.50. The van der Waals surface area contributed by atoms with Crippen molar-refractivity contribution in [1.29, 1.82) is 0 Å². The average Bonchev–Trinajstić information content (AvgIpc) is 3.74. The van der Waals surface area contributed by atoms with E-state index in [0.29, 0.717) is 6.04 Å². The second kappa shape index (κ2) is 9.14. The largest absolute Gasteiger partial charge is 0.341 e. The number of aromatic amines is 2. The zero-order valence-corrected chi connectivity index (χ0v) is 20.9. The van der Waals surface area contributed by atoms with Crippen molar-refractivity contribution in [2.24, 2.45) is 0 Å². The Kier molecular flexibility index (Phi) is 5.49. The Bertz CT molecular complexity index is 1600. The van der Waals surface area contributed by atoms with E-state index in [-0.39, 0.29) is 6.04 Å². The minimum atomic E-state index is 0.172. The molecule has 0 amide bonds. The van der Waals surface area contributed by atoms with Gasteiger partial charge in [0, 0.05) is 12.1 Å². The Morgan fingerprint density at radius 1 is 0.703 bits per heavy atom. The van der Waals surface area contributed by atoms with Crippen LogP contribution >= 0.6 is 0 Å². The molecule has 3 aromatic carbocycles. The molecule has 4 heterocycles. The molecule has 5 aromatic rings. The number of rotatable bonds is 5. The van der Waals surface area contributed by atoms with Crippen molar-refractivity contribution in [3.05, 3.63) is 96.4 Å². The number of H-pyrrole nitrogens is 2. The molecule has 4 N–H and O–H groups in total. The molecule has 7 rings (SSSR count). The van der Waals surface area contributed by atoms with E-state index in [4.69, 9.17) is 0 Å². The van der Waals surface area contributed by atoms with E-state index in [0.717, 1.165) is 48.1 Å². The molecule has 0 aliphatic carbocycles. The van der Waals surface area contributed by atoms with E-state index in [9.17, 15) is 0 Å². The van der Waals surface area contributed by atoms with Crippen molar-refractivity contribution in [3.63, 3.8) is 0 Å². The highest BCUT2D eigenvalue weighted by Crippen LogP contribution is 2.31. The van der Waals surface area contributed by atoms with Crippen LogP contribution in [0.4, 0.5) is 0 Å². The predicted octanol–water partition coefficient (Wildman–Crippen LogP) is 6.30. The zero-order valence-electron chi connectivity index (χ0n) is 20.9. The Hall–Kier alpha value is -4.00. The number of nitrogens with zero attached hydrogens (tertiary/aromatic N) is 2. The molecule has 37 heavy (non-hydrogen) atoms. The van der Waals surface area contributed by atoms with Crippen LogP contribution in [0.3, 0.4) is 0 Å². The topological polar surface area (TPSA) is 81.4 Å². The van der Waals surface area contributed by atoms with Gasteiger partial charge in [0.05, 0.1) is 35.9 Å². The SMILES string of the molecule is CC1=C[C@@H](c2ncc(-c3ccc(-c4ccc5cc(-c6cnc([C@@H]7CCCN7)[nH]6)ccc5c4)cc3)[nH]2)NC1. The summed E-state index contributed by atoms with van der Waals surface area (Å²) in [6, 6.07) is 22.5. The lowest BCUT2D eigenvalue weighted by Gasteiger charge is -2.08. The van der Waals surface area contributed by atoms with Crippen LogP contribution in [0.15, 0.2) is 84.7 Å². The maximum atomic E-state index is 4.63. The maximum Gasteiger partial charge on any atom is 0.127 e. The van der Waals surface area contributed by atoms with Crippen molar-refractivity contribution in [1.82, 2.24) is 30.6 Å². The van der Waals surface area contributed by atoms with Gasteiger partial charge in [-0.15, -0.1) is 0 Å². The van der Waals surface area contributed by atoms with Crippen LogP contribution in [0, 0.1) is 0 Å². The molecule has 2 aliphatic rings. The standard InChI is InChI=1S/C31H30N6/c1-19-13-27(33-16-19)31-35-17-28(36-31)21-6-4-20(5-7-21)22-8-9-24-15-25(11-10-23(24)14-22)29-18-34-30(37-29)26-3-2-12-32-26/h4-11,13-15,17-18,26-27,32-33H,2-3,12,16H2,1H3,(H,34,37)(H,35,36)/t26-,27-/m0/s1. The van der Waals surface area contributed by atoms with E-state index in [2.05, 4.69) is 104 Å². The van der Waals surface area contributed by atoms with Gasteiger partial charge in [0.1, 0.15) is 11.6 Å². The van der Waals surface area contributed by atoms with Gasteiger partial charge in [-0.25, -0.2) is 9.97 Å². The monoisotopic (exact) mass is 486 g/mol. The molecule has 0 bridgehead atoms. The first kappa shape index (κ1) is 22.2. The highest BCUT2D eigenvalue weighted by Gasteiger charge is 2.20. The van der Waals surface area contributed by atoms with E-state index in [1.807, 2.05) is 12.4 Å². The molecule has 1 fully saturated rings. The Balaban J connectivity index is 1.11. The van der Waals surface area contributed by atoms with Gasteiger partial charge in [-0.2, -0.15) is 0 Å². The lowest BCUT2D eigenvalue weighted by atomic mass is 9.98. The molecule has 2 aliphatic heterocycles. The van der Waals surface area contributed by atoms with E-state index >= 15 is 0 Å². The number of imidazole rings is 2. The lowest BCUT2D eigenvalue weighted by molar-refractivity contribution is 0.613. The van der Waals surface area contributed by atoms with Crippen molar-refractivity contribution >= 4 is 10.8 Å². The van der Waals surface area contributed by atoms with Crippen LogP contribution in [-0.2, 0) is 0 Å². The summed E-state index contributed by atoms with van der Waals surface area (Å²) >= 11 is 0. The molecule has 184 valence electrons. The fourth-order valence-electron chi connectivity index (χ4n) is 5.50. The molecule has 0 saturated carbocycles. The summed E-state index contributed by atoms with van der Waals surface area (Å²) in [5.74, 6) is 2.01. The molecular formula is C31H30N6. The van der Waals surface area contributed by atoms with Gasteiger partial charge >= 0.3 is 0 Å². The zero-order chi connectivity index (χ0) is 24.8. The molecule has 6 nitrogen and oxygen atoms in total. The van der Waals surface area contributed by atoms with Crippen LogP contribution in [0.2, 0.25) is 0 Å². The van der Waals surface area contributed by atoms with Gasteiger partial charge in [0.15, 0.2) is 0 Å². The van der Waals surface area contributed by atoms with Crippen molar-refractivity contribution < 1.29 is 0 Å². The second-order valence-electron chi connectivity index (χ2n) is 10.2. The second-order valence-corrected chi connectivity index (χ2v) is 10.2. The highest BCUT2D eigenvalue weighted by atomic mass is 15.0. The van der Waals surface area contributed by atoms with Gasteiger partial charge in [0.25, 0.3) is 0 Å². The maximum absolute atomic E-state index is 4.63. The smallest absolute Gasteiger partial charge is 0.127 e. The van der Waals surface area contributed by atoms with Crippen LogP contribution in [0.5, 0.6) is 0 Å². The Morgan fingerprint density at radius 2 is 1.35 bits per heavy atom. The van der Waals surface area contributed by atoms with Crippen molar-refractivity contribution in [2.75, 3.05) is 13.1 Å². The molecule has 1 saturated heterocycles. The molecule has 6 heteroatoms. The number of hydrogen-bond acceptors (Lipinski definition) is 4. The van der Waals surface area contributed by atoms with E-state index < -0.39 is 0 Å². The van der Waals surface area contributed by atoms with E-state index in [1.54, 1.807) is 0 Å². The Labute approximate surface area is 216 Å². The van der Waals surface area contributed by atoms with Crippen LogP contribution < -0.4 is 10.6 Å². The molecule has 2 aromatic heterocycles. The number of nitrogens with one attached hydrogen (secondary N) is 4. The first-order valence-electron chi connectivity index (χ1n) is 13.1. The number of fused-ring (bicyclic) bond motifs is 1. The van der Waals surface area contributed by atoms with Crippen LogP contribution in [-0.4, -0.2) is 33.0 Å². The predicted molar refractivity (Wildman–Crippen MR) is 149 cm³/mol. The number of hydrogen-bond donors (Lipinski definition) is 4. The van der Waals surface area contributed by atoms with Gasteiger partial charge in [-0.1, -0.05) is 60.2 Å². The third kappa shape index (κ3) is 4.28. The first-order chi connectivity index (χ1) is 18.2. The number of benzene rings is 3. The minimum absolute atomic E-state index is 0.172. The molecule has 0 spiro atoms. The summed E-state index contributed by atoms with van der Waals surface area (Å²) in [6.07, 6.45) is 8.47. The van der Waals surface area contributed by atoms with Gasteiger partial charge in [0.2, 0.25) is 0 Å². The minimum Gasteiger partial charge on any atom is -0.341 e. The van der Waals surface area contributed by atoms with Crippen molar-refractivity contribution in [2.45, 2.75) is 31.8 Å². The quantitative estimate of drug-likeness (QED) is 0.220. The first-order valence-corrected chi connectivity index (χ1v) is 13.1. The number of aromatic nitrogens is 4. The molecular weight excluding hydrogens is 456 g/mol. The molecule has 0 radical (unpaired) electrons. The lowest BCUT2D eigenvalue weighted by Crippen LogP contribution is -2.15. The Morgan fingerprint density at radius 3 is 2.08 bits per heavy atom. The summed E-state index contributed by atoms with van der Waals surface area (Å²) in [6.45, 7) is 4.14.